The topological polar surface area (TPSA) is 0 Å². The molecule has 0 aromatic heterocycles. The van der Waals surface area contributed by atoms with E-state index >= 15 is 0 Å². The van der Waals surface area contributed by atoms with Gasteiger partial charge in [-0.15, -0.1) is 34.5 Å². The third-order valence-corrected chi connectivity index (χ3v) is 5.46. The van der Waals surface area contributed by atoms with E-state index in [1.807, 2.05) is 0 Å². The van der Waals surface area contributed by atoms with Crippen LogP contribution in [0.4, 0.5) is 0 Å². The molecule has 156 valence electrons. The number of rotatable bonds is 2. The molecule has 29 heavy (non-hydrogen) atoms. The van der Waals surface area contributed by atoms with Gasteiger partial charge in [-0.25, -0.2) is 0 Å². The maximum absolute atomic E-state index is 4.93. The monoisotopic (exact) mass is 505 g/mol. The molecule has 0 saturated heterocycles. The predicted molar refractivity (Wildman–Crippen MR) is 128 cm³/mol. The van der Waals surface area contributed by atoms with Crippen molar-refractivity contribution >= 4 is 27.8 Å². The van der Waals surface area contributed by atoms with E-state index in [0.29, 0.717) is 0 Å². The fourth-order valence-corrected chi connectivity index (χ4v) is 3.75. The molecule has 0 aliphatic heterocycles. The van der Waals surface area contributed by atoms with Gasteiger partial charge >= 0.3 is 37.9 Å². The van der Waals surface area contributed by atoms with Gasteiger partial charge in [0.05, 0.1) is 0 Å². The van der Waals surface area contributed by atoms with Crippen molar-refractivity contribution in [3.05, 3.63) is 64.7 Å². The van der Waals surface area contributed by atoms with Crippen LogP contribution in [0.5, 0.6) is 0 Å². The molecule has 3 aromatic rings. The molecule has 0 aliphatic rings. The number of benzene rings is 2. The quantitative estimate of drug-likeness (QED) is 0.304. The Kier molecular flexibility index (Phi) is 8.34. The second kappa shape index (κ2) is 9.76. The number of hydrogen-bond acceptors (Lipinski definition) is 0. The van der Waals surface area contributed by atoms with Crippen LogP contribution in [0, 0.1) is 6.92 Å². The Balaban J connectivity index is 0.000000941. The van der Waals surface area contributed by atoms with Gasteiger partial charge in [0.15, 0.2) is 0 Å². The van der Waals surface area contributed by atoms with Gasteiger partial charge in [-0.3, -0.25) is 0 Å². The Hall–Kier alpha value is -0.487. The second-order valence-electron chi connectivity index (χ2n) is 9.86. The summed E-state index contributed by atoms with van der Waals surface area (Å²) in [6.45, 7) is 18.3. The van der Waals surface area contributed by atoms with Crippen LogP contribution in [-0.2, 0) is 38.1 Å². The van der Waals surface area contributed by atoms with Gasteiger partial charge in [0.25, 0.3) is 0 Å². The zero-order chi connectivity index (χ0) is 22.0. The van der Waals surface area contributed by atoms with Crippen molar-refractivity contribution in [1.82, 2.24) is 0 Å². The third kappa shape index (κ3) is 6.03. The fraction of sp³-hybridized carbons (Fsp3) is 0.423. The van der Waals surface area contributed by atoms with E-state index in [4.69, 9.17) is 17.0 Å². The van der Waals surface area contributed by atoms with Crippen LogP contribution in [0.15, 0.2) is 42.5 Å². The van der Waals surface area contributed by atoms with Crippen molar-refractivity contribution in [2.45, 2.75) is 72.6 Å². The van der Waals surface area contributed by atoms with E-state index in [1.165, 1.54) is 44.2 Å². The van der Waals surface area contributed by atoms with Gasteiger partial charge in [0.1, 0.15) is 0 Å². The first-order valence-electron chi connectivity index (χ1n) is 10.2. The first-order valence-corrected chi connectivity index (χ1v) is 16.6. The summed E-state index contributed by atoms with van der Waals surface area (Å²) in [4.78, 5) is 0. The second-order valence-corrected chi connectivity index (χ2v) is 13.6. The molecule has 0 unspecified atom stereocenters. The van der Waals surface area contributed by atoms with Crippen molar-refractivity contribution < 1.29 is 20.8 Å². The molecular formula is C26H33Cl2Zr-. The van der Waals surface area contributed by atoms with Gasteiger partial charge in [-0.1, -0.05) is 84.7 Å². The van der Waals surface area contributed by atoms with Crippen LogP contribution in [0.2, 0.25) is 0 Å². The molecule has 0 amide bonds. The number of halogens is 2. The maximum atomic E-state index is 4.93. The first-order chi connectivity index (χ1) is 13.4. The van der Waals surface area contributed by atoms with E-state index < -0.39 is 20.8 Å². The van der Waals surface area contributed by atoms with Crippen molar-refractivity contribution in [1.29, 1.82) is 0 Å². The molecule has 0 saturated carbocycles. The zero-order valence-electron chi connectivity index (χ0n) is 19.0. The van der Waals surface area contributed by atoms with Crippen LogP contribution in [0.25, 0.3) is 21.9 Å². The standard InChI is InChI=1S/C26H33.2ClH.Zr/c1-9-18-10-11-19-12-17(2)13-23(19)24(18)20-14-21(25(3,4)5)16-22(15-20)26(6,7)8;;;/h10-16H,9H2,1-8H3;2*1H;/q-1;;;+2/p-2. The Labute approximate surface area is 196 Å². The molecule has 0 fully saturated rings. The van der Waals surface area contributed by atoms with E-state index in [2.05, 4.69) is 97.9 Å². The van der Waals surface area contributed by atoms with E-state index in [1.54, 1.807) is 0 Å². The SMILES string of the molecule is CCc1ccc2[cH-]c(C)cc2c1-c1cc(C(C)(C)C)cc(C(C)(C)C)c1.[Cl][Zr][Cl]. The van der Waals surface area contributed by atoms with E-state index in [0.717, 1.165) is 6.42 Å². The number of aryl methyl sites for hydroxylation is 2. The molecule has 3 heteroatoms. The van der Waals surface area contributed by atoms with Crippen LogP contribution in [-0.4, -0.2) is 0 Å². The molecule has 0 radical (unpaired) electrons. The minimum atomic E-state index is -0.826. The summed E-state index contributed by atoms with van der Waals surface area (Å²) in [6.07, 6.45) is 1.06. The van der Waals surface area contributed by atoms with Crippen molar-refractivity contribution in [3.63, 3.8) is 0 Å². The first kappa shape index (κ1) is 24.8. The third-order valence-electron chi connectivity index (χ3n) is 5.46. The van der Waals surface area contributed by atoms with Gasteiger partial charge < -0.3 is 0 Å². The molecule has 0 atom stereocenters. The average Bonchev–Trinajstić information content (AvgIpc) is 2.99. The van der Waals surface area contributed by atoms with Gasteiger partial charge in [-0.05, 0) is 33.9 Å². The Morgan fingerprint density at radius 1 is 0.862 bits per heavy atom. The van der Waals surface area contributed by atoms with Crippen LogP contribution >= 0.6 is 17.0 Å². The van der Waals surface area contributed by atoms with Crippen LogP contribution < -0.4 is 0 Å². The molecule has 0 N–H and O–H groups in total. The van der Waals surface area contributed by atoms with Crippen molar-refractivity contribution in [2.24, 2.45) is 0 Å². The Bertz CT molecular complexity index is 937. The summed E-state index contributed by atoms with van der Waals surface area (Å²) < 4.78 is 0. The molecule has 3 aromatic carbocycles. The predicted octanol–water partition coefficient (Wildman–Crippen LogP) is 9.07. The molecule has 0 aliphatic carbocycles. The Morgan fingerprint density at radius 2 is 1.38 bits per heavy atom. The minimum absolute atomic E-state index is 0.137. The van der Waals surface area contributed by atoms with Crippen molar-refractivity contribution in [2.75, 3.05) is 0 Å². The normalized spacial score (nSPS) is 11.9. The van der Waals surface area contributed by atoms with Crippen LogP contribution in [0.3, 0.4) is 0 Å². The molecule has 3 rings (SSSR count). The number of fused-ring (bicyclic) bond motifs is 1. The summed E-state index contributed by atoms with van der Waals surface area (Å²) in [7, 11) is 9.87. The zero-order valence-corrected chi connectivity index (χ0v) is 23.0. The summed E-state index contributed by atoms with van der Waals surface area (Å²) in [5, 5.41) is 2.75. The van der Waals surface area contributed by atoms with Crippen LogP contribution in [0.1, 0.15) is 70.7 Å². The summed E-state index contributed by atoms with van der Waals surface area (Å²) in [5.74, 6) is 0. The Morgan fingerprint density at radius 3 is 1.83 bits per heavy atom. The van der Waals surface area contributed by atoms with E-state index in [9.17, 15) is 0 Å². The fourth-order valence-electron chi connectivity index (χ4n) is 3.75. The average molecular weight is 508 g/mol. The molecule has 0 spiro atoms. The summed E-state index contributed by atoms with van der Waals surface area (Å²) in [6, 6.07) is 16.5. The van der Waals surface area contributed by atoms with Gasteiger partial charge in [0.2, 0.25) is 0 Å². The molecule has 0 bridgehead atoms. The van der Waals surface area contributed by atoms with Crippen molar-refractivity contribution in [3.8, 4) is 11.1 Å². The summed E-state index contributed by atoms with van der Waals surface area (Å²) >= 11 is -0.826. The van der Waals surface area contributed by atoms with Gasteiger partial charge in [-0.2, -0.15) is 6.07 Å². The summed E-state index contributed by atoms with van der Waals surface area (Å²) in [5.41, 5.74) is 8.69. The molecule has 0 nitrogen and oxygen atoms in total. The molecule has 0 heterocycles. The van der Waals surface area contributed by atoms with E-state index in [-0.39, 0.29) is 10.8 Å². The van der Waals surface area contributed by atoms with Gasteiger partial charge in [0, 0.05) is 0 Å². The number of hydrogen-bond donors (Lipinski definition) is 0. The molecular weight excluding hydrogens is 474 g/mol.